The van der Waals surface area contributed by atoms with E-state index in [1.807, 2.05) is 6.07 Å². The van der Waals surface area contributed by atoms with E-state index in [4.69, 9.17) is 15.2 Å². The number of hydrogen-bond donors (Lipinski definition) is 2. The molecule has 3 N–H and O–H groups in total. The fraction of sp³-hybridized carbons (Fsp3) is 0.0714. The highest BCUT2D eigenvalue weighted by Gasteiger charge is 2.18. The van der Waals surface area contributed by atoms with Crippen LogP contribution in [0, 0.1) is 0 Å². The van der Waals surface area contributed by atoms with E-state index in [1.165, 1.54) is 10.6 Å². The van der Waals surface area contributed by atoms with E-state index in [1.54, 1.807) is 18.3 Å². The zero-order valence-electron chi connectivity index (χ0n) is 11.2. The normalized spacial score (nSPS) is 12.7. The number of carboxylic acid groups (broad SMARTS) is 1. The minimum absolute atomic E-state index is 0.0188. The Labute approximate surface area is 123 Å². The van der Waals surface area contributed by atoms with Gasteiger partial charge in [-0.25, -0.2) is 9.31 Å². The molecule has 1 aromatic carbocycles. The molecule has 4 rings (SSSR count). The van der Waals surface area contributed by atoms with Gasteiger partial charge in [0.15, 0.2) is 17.1 Å². The Bertz CT molecular complexity index is 919. The maximum Gasteiger partial charge on any atom is 0.339 e. The Balaban J connectivity index is 1.93. The van der Waals surface area contributed by atoms with Crippen molar-refractivity contribution >= 4 is 17.6 Å². The Morgan fingerprint density at radius 3 is 2.86 bits per heavy atom. The number of ether oxygens (including phenoxy) is 2. The molecule has 0 saturated carbocycles. The molecule has 0 saturated heterocycles. The summed E-state index contributed by atoms with van der Waals surface area (Å²) in [5.74, 6) is 0.200. The number of fused-ring (bicyclic) bond motifs is 2. The van der Waals surface area contributed by atoms with Crippen LogP contribution >= 0.6 is 0 Å². The lowest BCUT2D eigenvalue weighted by Crippen LogP contribution is -2.02. The molecule has 22 heavy (non-hydrogen) atoms. The zero-order chi connectivity index (χ0) is 15.3. The van der Waals surface area contributed by atoms with Gasteiger partial charge in [0.05, 0.1) is 0 Å². The SMILES string of the molecule is Nc1nc2c(C(=O)O)cc(-c3ccc4c(c3)OCO4)cn2n1. The van der Waals surface area contributed by atoms with Gasteiger partial charge in [-0.05, 0) is 23.8 Å². The summed E-state index contributed by atoms with van der Waals surface area (Å²) in [6.07, 6.45) is 1.67. The average molecular weight is 298 g/mol. The number of aromatic nitrogens is 3. The molecule has 0 unspecified atom stereocenters. The number of aromatic carboxylic acids is 1. The minimum Gasteiger partial charge on any atom is -0.478 e. The molecule has 1 aliphatic rings. The lowest BCUT2D eigenvalue weighted by atomic mass is 10.1. The molecule has 0 amide bonds. The van der Waals surface area contributed by atoms with Crippen molar-refractivity contribution in [3.8, 4) is 22.6 Å². The Kier molecular flexibility index (Phi) is 2.46. The molecule has 0 radical (unpaired) electrons. The first-order chi connectivity index (χ1) is 10.6. The maximum atomic E-state index is 11.4. The highest BCUT2D eigenvalue weighted by atomic mass is 16.7. The molecule has 8 heteroatoms. The van der Waals surface area contributed by atoms with E-state index in [2.05, 4.69) is 10.1 Å². The molecule has 0 fully saturated rings. The van der Waals surface area contributed by atoms with Crippen LogP contribution in [0.1, 0.15) is 10.4 Å². The number of carboxylic acids is 1. The molecule has 8 nitrogen and oxygen atoms in total. The number of carbonyl (C=O) groups is 1. The van der Waals surface area contributed by atoms with Gasteiger partial charge in [0.1, 0.15) is 5.56 Å². The maximum absolute atomic E-state index is 11.4. The Morgan fingerprint density at radius 1 is 1.23 bits per heavy atom. The molecular weight excluding hydrogens is 288 g/mol. The monoisotopic (exact) mass is 298 g/mol. The topological polar surface area (TPSA) is 112 Å². The molecule has 0 aliphatic carbocycles. The summed E-state index contributed by atoms with van der Waals surface area (Å²) in [5, 5.41) is 13.3. The number of benzene rings is 1. The molecule has 0 atom stereocenters. The summed E-state index contributed by atoms with van der Waals surface area (Å²) in [4.78, 5) is 15.4. The third kappa shape index (κ3) is 1.81. The first-order valence-corrected chi connectivity index (χ1v) is 6.41. The molecule has 2 aromatic heterocycles. The van der Waals surface area contributed by atoms with E-state index < -0.39 is 5.97 Å². The molecule has 0 spiro atoms. The van der Waals surface area contributed by atoms with Crippen LogP contribution in [-0.2, 0) is 0 Å². The third-order valence-electron chi connectivity index (χ3n) is 3.39. The molecule has 110 valence electrons. The summed E-state index contributed by atoms with van der Waals surface area (Å²) in [6.45, 7) is 0.178. The summed E-state index contributed by atoms with van der Waals surface area (Å²) in [5.41, 5.74) is 7.22. The third-order valence-corrected chi connectivity index (χ3v) is 3.39. The van der Waals surface area contributed by atoms with Gasteiger partial charge >= 0.3 is 5.97 Å². The van der Waals surface area contributed by atoms with Gasteiger partial charge in [0, 0.05) is 11.8 Å². The highest BCUT2D eigenvalue weighted by molar-refractivity contribution is 5.96. The highest BCUT2D eigenvalue weighted by Crippen LogP contribution is 2.36. The van der Waals surface area contributed by atoms with Crippen molar-refractivity contribution in [3.05, 3.63) is 36.0 Å². The second kappa shape index (κ2) is 4.35. The van der Waals surface area contributed by atoms with Crippen LogP contribution in [-0.4, -0.2) is 32.5 Å². The predicted octanol–water partition coefficient (Wildman–Crippen LogP) is 1.41. The fourth-order valence-electron chi connectivity index (χ4n) is 2.39. The number of nitrogens with zero attached hydrogens (tertiary/aromatic N) is 3. The van der Waals surface area contributed by atoms with Crippen LogP contribution in [0.5, 0.6) is 11.5 Å². The van der Waals surface area contributed by atoms with E-state index >= 15 is 0 Å². The number of pyridine rings is 1. The van der Waals surface area contributed by atoms with E-state index in [0.29, 0.717) is 17.1 Å². The van der Waals surface area contributed by atoms with Crippen molar-refractivity contribution in [3.63, 3.8) is 0 Å². The first kappa shape index (κ1) is 12.5. The zero-order valence-corrected chi connectivity index (χ0v) is 11.2. The fourth-order valence-corrected chi connectivity index (χ4v) is 2.39. The van der Waals surface area contributed by atoms with Gasteiger partial charge in [0.2, 0.25) is 12.7 Å². The largest absolute Gasteiger partial charge is 0.478 e. The average Bonchev–Trinajstić information content (AvgIpc) is 3.09. The molecule has 1 aliphatic heterocycles. The lowest BCUT2D eigenvalue weighted by Gasteiger charge is -2.06. The van der Waals surface area contributed by atoms with Crippen molar-refractivity contribution in [1.29, 1.82) is 0 Å². The van der Waals surface area contributed by atoms with Gasteiger partial charge in [-0.3, -0.25) is 0 Å². The van der Waals surface area contributed by atoms with Crippen LogP contribution in [0.3, 0.4) is 0 Å². The summed E-state index contributed by atoms with van der Waals surface area (Å²) in [7, 11) is 0. The van der Waals surface area contributed by atoms with Crippen molar-refractivity contribution in [1.82, 2.24) is 14.6 Å². The van der Waals surface area contributed by atoms with Crippen LogP contribution < -0.4 is 15.2 Å². The molecule has 3 aromatic rings. The first-order valence-electron chi connectivity index (χ1n) is 6.41. The lowest BCUT2D eigenvalue weighted by molar-refractivity contribution is 0.0698. The molecule has 3 heterocycles. The van der Waals surface area contributed by atoms with Crippen molar-refractivity contribution in [2.24, 2.45) is 0 Å². The number of nitrogen functional groups attached to an aromatic ring is 1. The summed E-state index contributed by atoms with van der Waals surface area (Å²) in [6, 6.07) is 6.91. The predicted molar refractivity (Wildman–Crippen MR) is 75.9 cm³/mol. The van der Waals surface area contributed by atoms with Crippen molar-refractivity contribution in [2.45, 2.75) is 0 Å². The quantitative estimate of drug-likeness (QED) is 0.735. The smallest absolute Gasteiger partial charge is 0.339 e. The minimum atomic E-state index is -1.10. The van der Waals surface area contributed by atoms with Crippen LogP contribution in [0.25, 0.3) is 16.8 Å². The van der Waals surface area contributed by atoms with Gasteiger partial charge in [-0.2, -0.15) is 4.98 Å². The number of rotatable bonds is 2. The van der Waals surface area contributed by atoms with Crippen molar-refractivity contribution in [2.75, 3.05) is 12.5 Å². The summed E-state index contributed by atoms with van der Waals surface area (Å²) < 4.78 is 12.0. The number of hydrogen-bond acceptors (Lipinski definition) is 6. The van der Waals surface area contributed by atoms with E-state index in [-0.39, 0.29) is 24.0 Å². The van der Waals surface area contributed by atoms with Gasteiger partial charge in [-0.1, -0.05) is 6.07 Å². The number of anilines is 1. The second-order valence-corrected chi connectivity index (χ2v) is 4.75. The molecular formula is C14H10N4O4. The van der Waals surface area contributed by atoms with E-state index in [0.717, 1.165) is 5.56 Å². The van der Waals surface area contributed by atoms with Gasteiger partial charge < -0.3 is 20.3 Å². The standard InChI is InChI=1S/C14H10N4O4/c15-14-16-12-9(13(19)20)3-8(5-18(12)17-14)7-1-2-10-11(4-7)22-6-21-10/h1-5H,6H2,(H2,15,17)(H,19,20). The second-order valence-electron chi connectivity index (χ2n) is 4.75. The van der Waals surface area contributed by atoms with Gasteiger partial charge in [0.25, 0.3) is 0 Å². The van der Waals surface area contributed by atoms with Crippen molar-refractivity contribution < 1.29 is 19.4 Å². The number of nitrogens with two attached hydrogens (primary N) is 1. The van der Waals surface area contributed by atoms with E-state index in [9.17, 15) is 9.90 Å². The van der Waals surface area contributed by atoms with Gasteiger partial charge in [-0.15, -0.1) is 5.10 Å². The Hall–Kier alpha value is -3.29. The van der Waals surface area contributed by atoms with Crippen LogP contribution in [0.2, 0.25) is 0 Å². The summed E-state index contributed by atoms with van der Waals surface area (Å²) >= 11 is 0. The van der Waals surface area contributed by atoms with Crippen LogP contribution in [0.15, 0.2) is 30.5 Å². The van der Waals surface area contributed by atoms with Crippen LogP contribution in [0.4, 0.5) is 5.95 Å². The molecule has 0 bridgehead atoms. The Morgan fingerprint density at radius 2 is 2.05 bits per heavy atom.